The molecular formula is C46H53ClFN9O7. The fourth-order valence-corrected chi connectivity index (χ4v) is 9.95. The van der Waals surface area contributed by atoms with Gasteiger partial charge in [-0.15, -0.1) is 0 Å². The highest BCUT2D eigenvalue weighted by Crippen LogP contribution is 2.39. The molecule has 4 aromatic rings. The van der Waals surface area contributed by atoms with Crippen molar-refractivity contribution in [3.8, 4) is 5.75 Å². The number of nitrogens with one attached hydrogen (secondary N) is 3. The van der Waals surface area contributed by atoms with Gasteiger partial charge >= 0.3 is 0 Å². The number of imide groups is 1. The Bertz CT molecular complexity index is 2540. The van der Waals surface area contributed by atoms with Crippen molar-refractivity contribution in [3.63, 3.8) is 0 Å². The SMILES string of the molecule is CNC(=O)COc1cc2cc(Nc3nc(N4CCC(OC5CC(N6CC[C@@H](c7ccc8c(c7)C(=O)N(C7CCC(=O)NC7=O)C8)[C@@H](F)C6)C5)CC4)ncc3Cl)ccc2n(C(C)C)c1=O. The van der Waals surface area contributed by atoms with E-state index in [1.54, 1.807) is 16.8 Å². The number of alkyl halides is 1. The summed E-state index contributed by atoms with van der Waals surface area (Å²) in [5.41, 5.74) is 3.26. The topological polar surface area (TPSA) is 180 Å². The minimum Gasteiger partial charge on any atom is -0.478 e. The smallest absolute Gasteiger partial charge is 0.293 e. The van der Waals surface area contributed by atoms with E-state index in [4.69, 9.17) is 26.1 Å². The molecule has 0 radical (unpaired) electrons. The number of ether oxygens (including phenoxy) is 2. The fraction of sp³-hybridized carbons (Fsp3) is 0.500. The van der Waals surface area contributed by atoms with Gasteiger partial charge in [-0.3, -0.25) is 34.2 Å². The number of aromatic nitrogens is 3. The molecule has 3 N–H and O–H groups in total. The second-order valence-electron chi connectivity index (χ2n) is 17.8. The lowest BCUT2D eigenvalue weighted by molar-refractivity contribution is -0.137. The number of carbonyl (C=O) groups is 4. The van der Waals surface area contributed by atoms with Crippen LogP contribution >= 0.6 is 11.6 Å². The predicted molar refractivity (Wildman–Crippen MR) is 238 cm³/mol. The Morgan fingerprint density at radius 1 is 1.00 bits per heavy atom. The van der Waals surface area contributed by atoms with Crippen molar-refractivity contribution >= 4 is 63.6 Å². The van der Waals surface area contributed by atoms with Crippen molar-refractivity contribution in [2.24, 2.45) is 0 Å². The van der Waals surface area contributed by atoms with E-state index < -0.39 is 18.1 Å². The van der Waals surface area contributed by atoms with Crippen LogP contribution in [0, 0.1) is 0 Å². The van der Waals surface area contributed by atoms with Crippen molar-refractivity contribution in [2.75, 3.05) is 50.1 Å². The van der Waals surface area contributed by atoms with Crippen LogP contribution in [0.1, 0.15) is 92.2 Å². The Morgan fingerprint density at radius 3 is 2.53 bits per heavy atom. The van der Waals surface area contributed by atoms with Crippen LogP contribution in [0.2, 0.25) is 5.02 Å². The largest absolute Gasteiger partial charge is 0.478 e. The van der Waals surface area contributed by atoms with Gasteiger partial charge in [-0.2, -0.15) is 4.98 Å². The Hall–Kier alpha value is -5.65. The molecule has 2 aromatic heterocycles. The lowest BCUT2D eigenvalue weighted by Gasteiger charge is -2.47. The van der Waals surface area contributed by atoms with E-state index >= 15 is 4.39 Å². The quantitative estimate of drug-likeness (QED) is 0.162. The molecule has 5 aliphatic rings. The Balaban J connectivity index is 0.750. The average molecular weight is 898 g/mol. The van der Waals surface area contributed by atoms with Crippen LogP contribution in [0.25, 0.3) is 10.9 Å². The van der Waals surface area contributed by atoms with E-state index in [1.807, 2.05) is 50.2 Å². The first-order valence-corrected chi connectivity index (χ1v) is 22.6. The van der Waals surface area contributed by atoms with Crippen molar-refractivity contribution in [2.45, 2.75) is 108 Å². The fourth-order valence-electron chi connectivity index (χ4n) is 9.81. The molecule has 6 heterocycles. The number of pyridine rings is 1. The van der Waals surface area contributed by atoms with Crippen molar-refractivity contribution in [1.82, 2.24) is 35.0 Å². The molecule has 1 unspecified atom stereocenters. The van der Waals surface area contributed by atoms with Crippen molar-refractivity contribution in [1.29, 1.82) is 0 Å². The molecule has 16 nitrogen and oxygen atoms in total. The molecule has 1 aliphatic carbocycles. The lowest BCUT2D eigenvalue weighted by atomic mass is 9.82. The van der Waals surface area contributed by atoms with Crippen LogP contribution in [0.3, 0.4) is 0 Å². The first-order chi connectivity index (χ1) is 30.8. The molecule has 18 heteroatoms. The third-order valence-corrected chi connectivity index (χ3v) is 13.7. The second-order valence-corrected chi connectivity index (χ2v) is 18.2. The summed E-state index contributed by atoms with van der Waals surface area (Å²) in [6, 6.07) is 12.3. The van der Waals surface area contributed by atoms with E-state index in [0.717, 1.165) is 54.3 Å². The minimum absolute atomic E-state index is 0.0809. The number of amides is 4. The van der Waals surface area contributed by atoms with Crippen LogP contribution < -0.4 is 31.1 Å². The molecule has 4 amide bonds. The van der Waals surface area contributed by atoms with Gasteiger partial charge in [-0.25, -0.2) is 9.37 Å². The number of halogens is 2. The highest BCUT2D eigenvalue weighted by Gasteiger charge is 2.43. The molecule has 4 aliphatic heterocycles. The van der Waals surface area contributed by atoms with Gasteiger partial charge in [0, 0.05) is 74.3 Å². The maximum atomic E-state index is 15.9. The zero-order valence-corrected chi connectivity index (χ0v) is 36.9. The first-order valence-electron chi connectivity index (χ1n) is 22.2. The molecule has 3 atom stereocenters. The zero-order valence-electron chi connectivity index (χ0n) is 36.1. The molecule has 0 spiro atoms. The lowest BCUT2D eigenvalue weighted by Crippen LogP contribution is -2.54. The van der Waals surface area contributed by atoms with Gasteiger partial charge in [-0.05, 0) is 100 Å². The minimum atomic E-state index is -1.07. The number of likely N-dealkylation sites (N-methyl/N-ethyl adjacent to an activating group) is 1. The van der Waals surface area contributed by atoms with E-state index in [0.29, 0.717) is 67.1 Å². The summed E-state index contributed by atoms with van der Waals surface area (Å²) in [5, 5.41) is 9.24. The monoisotopic (exact) mass is 897 g/mol. The van der Waals surface area contributed by atoms with Gasteiger partial charge < -0.3 is 34.5 Å². The van der Waals surface area contributed by atoms with E-state index in [-0.39, 0.29) is 72.3 Å². The van der Waals surface area contributed by atoms with Crippen LogP contribution in [-0.4, -0.2) is 118 Å². The van der Waals surface area contributed by atoms with Gasteiger partial charge in [0.15, 0.2) is 18.2 Å². The van der Waals surface area contributed by atoms with Crippen molar-refractivity contribution in [3.05, 3.63) is 80.7 Å². The van der Waals surface area contributed by atoms with Crippen LogP contribution in [0.15, 0.2) is 53.5 Å². The van der Waals surface area contributed by atoms with Crippen LogP contribution in [0.5, 0.6) is 5.75 Å². The number of fused-ring (bicyclic) bond motifs is 2. The molecule has 338 valence electrons. The number of hydrogen-bond donors (Lipinski definition) is 3. The van der Waals surface area contributed by atoms with Gasteiger partial charge in [-0.1, -0.05) is 23.7 Å². The number of piperidine rings is 3. The Morgan fingerprint density at radius 2 is 1.80 bits per heavy atom. The van der Waals surface area contributed by atoms with Gasteiger partial charge in [0.2, 0.25) is 17.8 Å². The maximum absolute atomic E-state index is 15.9. The van der Waals surface area contributed by atoms with Crippen molar-refractivity contribution < 1.29 is 33.0 Å². The number of nitrogens with zero attached hydrogens (tertiary/aromatic N) is 6. The average Bonchev–Trinajstić information content (AvgIpc) is 3.59. The molecule has 9 rings (SSSR count). The first kappa shape index (κ1) is 43.6. The van der Waals surface area contributed by atoms with Crippen LogP contribution in [-0.2, 0) is 25.7 Å². The molecular weight excluding hydrogens is 845 g/mol. The highest BCUT2D eigenvalue weighted by atomic mass is 35.5. The van der Waals surface area contributed by atoms with Gasteiger partial charge in [0.25, 0.3) is 17.4 Å². The summed E-state index contributed by atoms with van der Waals surface area (Å²) in [6.07, 6.45) is 5.26. The normalized spacial score (nSPS) is 24.2. The van der Waals surface area contributed by atoms with Gasteiger partial charge in [0.05, 0.1) is 23.9 Å². The maximum Gasteiger partial charge on any atom is 0.293 e. The molecule has 0 bridgehead atoms. The third kappa shape index (κ3) is 8.76. The predicted octanol–water partition coefficient (Wildman–Crippen LogP) is 5.00. The van der Waals surface area contributed by atoms with Crippen LogP contribution in [0.4, 0.5) is 21.8 Å². The molecule has 1 saturated carbocycles. The Labute approximate surface area is 374 Å². The van der Waals surface area contributed by atoms with E-state index in [2.05, 4.69) is 30.7 Å². The summed E-state index contributed by atoms with van der Waals surface area (Å²) in [4.78, 5) is 77.8. The number of benzene rings is 2. The molecule has 2 aromatic carbocycles. The summed E-state index contributed by atoms with van der Waals surface area (Å²) in [6.45, 7) is 6.39. The summed E-state index contributed by atoms with van der Waals surface area (Å²) >= 11 is 6.59. The standard InChI is InChI=1S/C46H53ClFN9O7/c1-25(2)57-37-7-6-29(16-28(37)18-39(45(57)62)63-24-41(59)49-3)51-42-35(47)21-50-46(53-42)54-13-10-31(11-14-54)64-32-19-30(20-32)55-15-12-33(36(48)23-55)26-4-5-27-22-56(44(61)34(27)17-26)38-8-9-40(58)52-43(38)60/h4-7,16-18,21,25,30-33,36,38H,8-15,19-20,22-24H2,1-3H3,(H,49,59)(H,50,51,53)(H,52,58,60)/t30?,32?,33-,36-,38?/m0/s1. The number of anilines is 3. The van der Waals surface area contributed by atoms with E-state index in [1.165, 1.54) is 11.9 Å². The molecule has 3 saturated heterocycles. The zero-order chi connectivity index (χ0) is 44.8. The summed E-state index contributed by atoms with van der Waals surface area (Å²) in [5.74, 6) is -0.578. The molecule has 64 heavy (non-hydrogen) atoms. The van der Waals surface area contributed by atoms with Gasteiger partial charge in [0.1, 0.15) is 17.2 Å². The Kier molecular flexibility index (Phi) is 12.3. The molecule has 4 fully saturated rings. The summed E-state index contributed by atoms with van der Waals surface area (Å²) in [7, 11) is 1.51. The highest BCUT2D eigenvalue weighted by molar-refractivity contribution is 6.33. The third-order valence-electron chi connectivity index (χ3n) is 13.4. The van der Waals surface area contributed by atoms with E-state index in [9.17, 15) is 24.0 Å². The number of rotatable bonds is 12. The number of hydrogen-bond acceptors (Lipinski definition) is 12. The summed E-state index contributed by atoms with van der Waals surface area (Å²) < 4.78 is 29.7. The second kappa shape index (κ2) is 18.1. The number of likely N-dealkylation sites (tertiary alicyclic amines) is 1. The number of carbonyl (C=O) groups excluding carboxylic acids is 4.